The summed E-state index contributed by atoms with van der Waals surface area (Å²) in [7, 11) is 0. The van der Waals surface area contributed by atoms with Crippen LogP contribution in [0.25, 0.3) is 0 Å². The lowest BCUT2D eigenvalue weighted by Gasteiger charge is -2.15. The molecule has 3 rings (SSSR count). The van der Waals surface area contributed by atoms with Gasteiger partial charge in [0.15, 0.2) is 0 Å². The summed E-state index contributed by atoms with van der Waals surface area (Å²) in [6.45, 7) is 3.83. The predicted molar refractivity (Wildman–Crippen MR) is 77.3 cm³/mol. The first-order valence-corrected chi connectivity index (χ1v) is 7.36. The van der Waals surface area contributed by atoms with E-state index in [-0.39, 0.29) is 5.91 Å². The number of rotatable bonds is 6. The van der Waals surface area contributed by atoms with Crippen LogP contribution in [0.15, 0.2) is 24.3 Å². The second-order valence-electron chi connectivity index (χ2n) is 5.93. The summed E-state index contributed by atoms with van der Waals surface area (Å²) in [6.07, 6.45) is 5.34. The number of carbonyl (C=O) groups excluding carboxylic acids is 1. The van der Waals surface area contributed by atoms with Gasteiger partial charge in [0.05, 0.1) is 0 Å². The van der Waals surface area contributed by atoms with Crippen LogP contribution in [0.3, 0.4) is 0 Å². The maximum Gasteiger partial charge on any atom is 0.251 e. The molecule has 1 amide bonds. The quantitative estimate of drug-likeness (QED) is 0.823. The predicted octanol–water partition coefficient (Wildman–Crippen LogP) is 3.04. The number of carbonyl (C=O) groups is 1. The van der Waals surface area contributed by atoms with Crippen molar-refractivity contribution in [3.63, 3.8) is 0 Å². The lowest BCUT2D eigenvalue weighted by molar-refractivity contribution is 0.0942. The van der Waals surface area contributed by atoms with Gasteiger partial charge in [-0.1, -0.05) is 0 Å². The molecule has 0 aromatic heterocycles. The van der Waals surface area contributed by atoms with E-state index in [1.807, 2.05) is 24.3 Å². The average molecular weight is 258 g/mol. The van der Waals surface area contributed by atoms with Crippen molar-refractivity contribution in [1.82, 2.24) is 5.32 Å². The second kappa shape index (κ2) is 4.87. The van der Waals surface area contributed by atoms with Gasteiger partial charge in [-0.15, -0.1) is 0 Å². The highest BCUT2D eigenvalue weighted by molar-refractivity contribution is 5.94. The third-order valence-corrected chi connectivity index (χ3v) is 4.46. The second-order valence-corrected chi connectivity index (χ2v) is 5.93. The molecule has 102 valence electrons. The van der Waals surface area contributed by atoms with E-state index >= 15 is 0 Å². The molecule has 19 heavy (non-hydrogen) atoms. The highest BCUT2D eigenvalue weighted by atomic mass is 16.1. The molecule has 3 heteroatoms. The Labute approximate surface area is 114 Å². The minimum Gasteiger partial charge on any atom is -0.385 e. The first-order valence-electron chi connectivity index (χ1n) is 7.36. The molecule has 0 saturated heterocycles. The van der Waals surface area contributed by atoms with Gasteiger partial charge in [-0.25, -0.2) is 0 Å². The van der Waals surface area contributed by atoms with Gasteiger partial charge in [-0.05, 0) is 68.2 Å². The minimum absolute atomic E-state index is 0.0648. The molecule has 0 spiro atoms. The Bertz CT molecular complexity index is 458. The van der Waals surface area contributed by atoms with Gasteiger partial charge in [-0.3, -0.25) is 4.79 Å². The van der Waals surface area contributed by atoms with Crippen molar-refractivity contribution in [2.24, 2.45) is 11.3 Å². The zero-order valence-electron chi connectivity index (χ0n) is 11.5. The molecule has 0 heterocycles. The lowest BCUT2D eigenvalue weighted by Crippen LogP contribution is -2.31. The number of anilines is 1. The molecule has 2 N–H and O–H groups in total. The lowest BCUT2D eigenvalue weighted by atomic mass is 10.0. The molecule has 0 bridgehead atoms. The molecule has 2 aliphatic carbocycles. The fourth-order valence-electron chi connectivity index (χ4n) is 2.89. The van der Waals surface area contributed by atoms with Crippen LogP contribution in [0.4, 0.5) is 5.69 Å². The van der Waals surface area contributed by atoms with Gasteiger partial charge in [-0.2, -0.15) is 0 Å². The molecule has 2 saturated carbocycles. The van der Waals surface area contributed by atoms with E-state index in [4.69, 9.17) is 0 Å². The number of hydrogen-bond acceptors (Lipinski definition) is 2. The highest BCUT2D eigenvalue weighted by Crippen LogP contribution is 2.60. The summed E-state index contributed by atoms with van der Waals surface area (Å²) in [4.78, 5) is 12.1. The molecule has 1 aromatic carbocycles. The fraction of sp³-hybridized carbons (Fsp3) is 0.562. The topological polar surface area (TPSA) is 41.1 Å². The molecule has 3 nitrogen and oxygen atoms in total. The van der Waals surface area contributed by atoms with Crippen molar-refractivity contribution in [3.05, 3.63) is 29.8 Å². The molecular formula is C16H22N2O. The van der Waals surface area contributed by atoms with Crippen LogP contribution in [0.1, 0.15) is 43.0 Å². The molecule has 1 aromatic rings. The molecule has 0 unspecified atom stereocenters. The van der Waals surface area contributed by atoms with Crippen molar-refractivity contribution in [2.45, 2.75) is 32.6 Å². The van der Waals surface area contributed by atoms with Crippen LogP contribution >= 0.6 is 0 Å². The van der Waals surface area contributed by atoms with Gasteiger partial charge in [0.25, 0.3) is 5.91 Å². The Hall–Kier alpha value is -1.51. The molecule has 2 aliphatic rings. The van der Waals surface area contributed by atoms with Gasteiger partial charge in [0, 0.05) is 24.3 Å². The SMILES string of the molecule is CCNc1ccc(C(=O)NCC2(C3CC3)CC2)cc1. The number of nitrogens with one attached hydrogen (secondary N) is 2. The fourth-order valence-corrected chi connectivity index (χ4v) is 2.89. The van der Waals surface area contributed by atoms with E-state index < -0.39 is 0 Å². The van der Waals surface area contributed by atoms with E-state index in [9.17, 15) is 4.79 Å². The van der Waals surface area contributed by atoms with Crippen LogP contribution in [-0.4, -0.2) is 19.0 Å². The molecule has 2 fully saturated rings. The smallest absolute Gasteiger partial charge is 0.251 e. The zero-order chi connectivity index (χ0) is 13.3. The van der Waals surface area contributed by atoms with Crippen LogP contribution in [0.5, 0.6) is 0 Å². The molecule has 0 atom stereocenters. The zero-order valence-corrected chi connectivity index (χ0v) is 11.5. The molecular weight excluding hydrogens is 236 g/mol. The maximum absolute atomic E-state index is 12.1. The largest absolute Gasteiger partial charge is 0.385 e. The van der Waals surface area contributed by atoms with Crippen molar-refractivity contribution in [1.29, 1.82) is 0 Å². The van der Waals surface area contributed by atoms with E-state index in [1.54, 1.807) is 0 Å². The third-order valence-electron chi connectivity index (χ3n) is 4.46. The first-order chi connectivity index (χ1) is 9.23. The number of hydrogen-bond donors (Lipinski definition) is 2. The van der Waals surface area contributed by atoms with Crippen molar-refractivity contribution in [2.75, 3.05) is 18.4 Å². The van der Waals surface area contributed by atoms with Gasteiger partial charge in [0.2, 0.25) is 0 Å². The Morgan fingerprint density at radius 1 is 1.26 bits per heavy atom. The molecule has 0 radical (unpaired) electrons. The summed E-state index contributed by atoms with van der Waals surface area (Å²) in [5.74, 6) is 0.957. The van der Waals surface area contributed by atoms with Crippen LogP contribution in [-0.2, 0) is 0 Å². The Kier molecular flexibility index (Phi) is 3.21. The molecule has 0 aliphatic heterocycles. The van der Waals surface area contributed by atoms with E-state index in [1.165, 1.54) is 25.7 Å². The van der Waals surface area contributed by atoms with Gasteiger partial charge < -0.3 is 10.6 Å². The maximum atomic E-state index is 12.1. The number of benzene rings is 1. The summed E-state index contributed by atoms with van der Waals surface area (Å²) in [5, 5.41) is 6.35. The van der Waals surface area contributed by atoms with Gasteiger partial charge in [0.1, 0.15) is 0 Å². The van der Waals surface area contributed by atoms with Gasteiger partial charge >= 0.3 is 0 Å². The summed E-state index contributed by atoms with van der Waals surface area (Å²) >= 11 is 0. The monoisotopic (exact) mass is 258 g/mol. The average Bonchev–Trinajstić information content (AvgIpc) is 3.29. The van der Waals surface area contributed by atoms with Crippen molar-refractivity contribution >= 4 is 11.6 Å². The highest BCUT2D eigenvalue weighted by Gasteiger charge is 2.53. The minimum atomic E-state index is 0.0648. The van der Waals surface area contributed by atoms with Crippen LogP contribution in [0, 0.1) is 11.3 Å². The summed E-state index contributed by atoms with van der Waals surface area (Å²) in [5.41, 5.74) is 2.29. The number of amides is 1. The summed E-state index contributed by atoms with van der Waals surface area (Å²) < 4.78 is 0. The normalized spacial score (nSPS) is 19.8. The van der Waals surface area contributed by atoms with E-state index in [2.05, 4.69) is 17.6 Å². The Morgan fingerprint density at radius 3 is 2.47 bits per heavy atom. The Morgan fingerprint density at radius 2 is 1.95 bits per heavy atom. The standard InChI is InChI=1S/C16H22N2O/c1-2-17-14-7-3-12(4-8-14)15(19)18-11-16(9-10-16)13-5-6-13/h3-4,7-8,13,17H,2,5-6,9-11H2,1H3,(H,18,19). The van der Waals surface area contributed by atoms with Crippen molar-refractivity contribution in [3.8, 4) is 0 Å². The Balaban J connectivity index is 1.54. The van der Waals surface area contributed by atoms with Crippen LogP contribution < -0.4 is 10.6 Å². The van der Waals surface area contributed by atoms with Crippen molar-refractivity contribution < 1.29 is 4.79 Å². The third kappa shape index (κ3) is 2.75. The van der Waals surface area contributed by atoms with E-state index in [0.717, 1.165) is 30.3 Å². The summed E-state index contributed by atoms with van der Waals surface area (Å²) in [6, 6.07) is 7.71. The first kappa shape index (κ1) is 12.5. The van der Waals surface area contributed by atoms with Crippen LogP contribution in [0.2, 0.25) is 0 Å². The van der Waals surface area contributed by atoms with E-state index in [0.29, 0.717) is 5.41 Å².